The summed E-state index contributed by atoms with van der Waals surface area (Å²) in [6.07, 6.45) is 3.09. The summed E-state index contributed by atoms with van der Waals surface area (Å²) < 4.78 is 5.31. The van der Waals surface area contributed by atoms with Gasteiger partial charge in [-0.1, -0.05) is 0 Å². The maximum absolute atomic E-state index is 11.0. The van der Waals surface area contributed by atoms with E-state index in [1.165, 1.54) is 6.07 Å². The molecule has 0 unspecified atom stereocenters. The first kappa shape index (κ1) is 13.4. The highest BCUT2D eigenvalue weighted by atomic mass is 16.6. The molecule has 1 aromatic carbocycles. The predicted octanol–water partition coefficient (Wildman–Crippen LogP) is 1.66. The Morgan fingerprint density at radius 3 is 2.65 bits per heavy atom. The van der Waals surface area contributed by atoms with Gasteiger partial charge in [-0.15, -0.1) is 0 Å². The van der Waals surface area contributed by atoms with Crippen LogP contribution in [-0.4, -0.2) is 26.0 Å². The molecular weight excluding hydrogens is 266 g/mol. The molecule has 102 valence electrons. The Hall–Kier alpha value is -3.03. The molecular formula is C12H9N3O5. The molecule has 0 aliphatic carbocycles. The molecule has 0 aliphatic rings. The first-order valence-electron chi connectivity index (χ1n) is 5.48. The quantitative estimate of drug-likeness (QED) is 0.651. The van der Waals surface area contributed by atoms with E-state index < -0.39 is 22.1 Å². The molecule has 1 heterocycles. The first-order valence-corrected chi connectivity index (χ1v) is 5.48. The van der Waals surface area contributed by atoms with Gasteiger partial charge < -0.3 is 9.84 Å². The van der Waals surface area contributed by atoms with Gasteiger partial charge in [0.2, 0.25) is 0 Å². The molecule has 0 radical (unpaired) electrons. The van der Waals surface area contributed by atoms with E-state index in [0.29, 0.717) is 5.82 Å². The number of hydrogen-bond acceptors (Lipinski definition) is 6. The zero-order valence-corrected chi connectivity index (χ0v) is 10.1. The number of carbonyl (C=O) groups is 1. The largest absolute Gasteiger partial charge is 0.486 e. The van der Waals surface area contributed by atoms with Crippen molar-refractivity contribution in [2.75, 3.05) is 0 Å². The molecule has 0 bridgehead atoms. The fraction of sp³-hybridized carbons (Fsp3) is 0.0833. The van der Waals surface area contributed by atoms with E-state index in [4.69, 9.17) is 9.84 Å². The van der Waals surface area contributed by atoms with Crippen LogP contribution in [0, 0.1) is 10.1 Å². The number of benzene rings is 1. The second-order valence-corrected chi connectivity index (χ2v) is 3.69. The zero-order valence-electron chi connectivity index (χ0n) is 10.1. The zero-order chi connectivity index (χ0) is 14.5. The fourth-order valence-electron chi connectivity index (χ4n) is 1.49. The minimum Gasteiger partial charge on any atom is -0.486 e. The third-order valence-corrected chi connectivity index (χ3v) is 2.38. The molecule has 0 amide bonds. The summed E-state index contributed by atoms with van der Waals surface area (Å²) in [5.41, 5.74) is -0.915. The monoisotopic (exact) mass is 275 g/mol. The van der Waals surface area contributed by atoms with Gasteiger partial charge in [0, 0.05) is 24.5 Å². The van der Waals surface area contributed by atoms with Crippen molar-refractivity contribution >= 4 is 11.7 Å². The van der Waals surface area contributed by atoms with Gasteiger partial charge in [-0.3, -0.25) is 10.1 Å². The standard InChI is InChI=1S/C12H9N3O5/c16-12(17)9-6-8(2-3-10(9)15(18)19)20-7-11-13-4-1-5-14-11/h1-6H,7H2,(H,16,17). The summed E-state index contributed by atoms with van der Waals surface area (Å²) in [7, 11) is 0. The lowest BCUT2D eigenvalue weighted by molar-refractivity contribution is -0.385. The van der Waals surface area contributed by atoms with Crippen LogP contribution in [0.1, 0.15) is 16.2 Å². The number of carboxylic acid groups (broad SMARTS) is 1. The Morgan fingerprint density at radius 2 is 2.05 bits per heavy atom. The number of hydrogen-bond donors (Lipinski definition) is 1. The lowest BCUT2D eigenvalue weighted by atomic mass is 10.1. The average Bonchev–Trinajstić information content (AvgIpc) is 2.45. The Morgan fingerprint density at radius 1 is 1.35 bits per heavy atom. The molecule has 0 saturated heterocycles. The summed E-state index contributed by atoms with van der Waals surface area (Å²) in [5, 5.41) is 19.6. The topological polar surface area (TPSA) is 115 Å². The van der Waals surface area contributed by atoms with E-state index in [2.05, 4.69) is 9.97 Å². The number of rotatable bonds is 5. The Labute approximate surface area is 112 Å². The number of nitro benzene ring substituents is 1. The van der Waals surface area contributed by atoms with Gasteiger partial charge in [0.15, 0.2) is 5.82 Å². The van der Waals surface area contributed by atoms with Gasteiger partial charge in [0.05, 0.1) is 4.92 Å². The second kappa shape index (κ2) is 5.74. The summed E-state index contributed by atoms with van der Waals surface area (Å²) >= 11 is 0. The molecule has 0 fully saturated rings. The molecule has 8 nitrogen and oxygen atoms in total. The van der Waals surface area contributed by atoms with Crippen molar-refractivity contribution in [2.24, 2.45) is 0 Å². The fourth-order valence-corrected chi connectivity index (χ4v) is 1.49. The number of ether oxygens (including phenoxy) is 1. The minimum atomic E-state index is -1.39. The van der Waals surface area contributed by atoms with E-state index in [0.717, 1.165) is 12.1 Å². The van der Waals surface area contributed by atoms with Gasteiger partial charge >= 0.3 is 5.97 Å². The summed E-state index contributed by atoms with van der Waals surface area (Å²) in [4.78, 5) is 28.8. The third-order valence-electron chi connectivity index (χ3n) is 2.38. The molecule has 2 rings (SSSR count). The van der Waals surface area contributed by atoms with Gasteiger partial charge in [-0.05, 0) is 12.1 Å². The molecule has 0 saturated carbocycles. The van der Waals surface area contributed by atoms with Crippen molar-refractivity contribution in [2.45, 2.75) is 6.61 Å². The van der Waals surface area contributed by atoms with Crippen molar-refractivity contribution in [3.8, 4) is 5.75 Å². The number of carboxylic acids is 1. The maximum atomic E-state index is 11.0. The Balaban J connectivity index is 2.19. The van der Waals surface area contributed by atoms with Gasteiger partial charge in [-0.2, -0.15) is 0 Å². The molecule has 0 aliphatic heterocycles. The summed E-state index contributed by atoms with van der Waals surface area (Å²) in [5.74, 6) is -0.777. The number of nitrogens with zero attached hydrogens (tertiary/aromatic N) is 3. The molecule has 2 aromatic rings. The van der Waals surface area contributed by atoms with Gasteiger partial charge in [-0.25, -0.2) is 14.8 Å². The number of nitro groups is 1. The van der Waals surface area contributed by atoms with Gasteiger partial charge in [0.1, 0.15) is 17.9 Å². The summed E-state index contributed by atoms with van der Waals surface area (Å²) in [6.45, 7) is 0.0394. The van der Waals surface area contributed by atoms with E-state index in [9.17, 15) is 14.9 Å². The van der Waals surface area contributed by atoms with Crippen molar-refractivity contribution in [3.63, 3.8) is 0 Å². The smallest absolute Gasteiger partial charge is 0.342 e. The minimum absolute atomic E-state index is 0.0394. The SMILES string of the molecule is O=C(O)c1cc(OCc2ncccn2)ccc1[N+](=O)[O-]. The van der Waals surface area contributed by atoms with Crippen molar-refractivity contribution in [1.29, 1.82) is 0 Å². The van der Waals surface area contributed by atoms with E-state index in [-0.39, 0.29) is 12.4 Å². The Kier molecular flexibility index (Phi) is 3.85. The van der Waals surface area contributed by atoms with E-state index in [1.54, 1.807) is 18.5 Å². The normalized spacial score (nSPS) is 10.0. The van der Waals surface area contributed by atoms with Crippen LogP contribution in [0.2, 0.25) is 0 Å². The first-order chi connectivity index (χ1) is 9.58. The van der Waals surface area contributed by atoms with Crippen molar-refractivity contribution < 1.29 is 19.6 Å². The molecule has 20 heavy (non-hydrogen) atoms. The van der Waals surface area contributed by atoms with Crippen LogP contribution in [-0.2, 0) is 6.61 Å². The molecule has 0 atom stereocenters. The molecule has 1 N–H and O–H groups in total. The lowest BCUT2D eigenvalue weighted by Crippen LogP contribution is -2.05. The highest BCUT2D eigenvalue weighted by molar-refractivity contribution is 5.92. The number of aromatic carboxylic acids is 1. The molecule has 1 aromatic heterocycles. The molecule has 8 heteroatoms. The van der Waals surface area contributed by atoms with Crippen LogP contribution in [0.5, 0.6) is 5.75 Å². The van der Waals surface area contributed by atoms with Gasteiger partial charge in [0.25, 0.3) is 5.69 Å². The highest BCUT2D eigenvalue weighted by Gasteiger charge is 2.20. The highest BCUT2D eigenvalue weighted by Crippen LogP contribution is 2.24. The van der Waals surface area contributed by atoms with Crippen molar-refractivity contribution in [3.05, 3.63) is 58.2 Å². The number of aromatic nitrogens is 2. The van der Waals surface area contributed by atoms with E-state index in [1.807, 2.05) is 0 Å². The van der Waals surface area contributed by atoms with Crippen molar-refractivity contribution in [1.82, 2.24) is 9.97 Å². The summed E-state index contributed by atoms with van der Waals surface area (Å²) in [6, 6.07) is 5.17. The van der Waals surface area contributed by atoms with Crippen LogP contribution in [0.3, 0.4) is 0 Å². The average molecular weight is 275 g/mol. The van der Waals surface area contributed by atoms with Crippen LogP contribution in [0.25, 0.3) is 0 Å². The predicted molar refractivity (Wildman–Crippen MR) is 66.4 cm³/mol. The third kappa shape index (κ3) is 3.05. The van der Waals surface area contributed by atoms with Crippen LogP contribution >= 0.6 is 0 Å². The van der Waals surface area contributed by atoms with E-state index >= 15 is 0 Å². The maximum Gasteiger partial charge on any atom is 0.342 e. The van der Waals surface area contributed by atoms with Crippen LogP contribution in [0.15, 0.2) is 36.7 Å². The van der Waals surface area contributed by atoms with Crippen LogP contribution < -0.4 is 4.74 Å². The molecule has 0 spiro atoms. The lowest BCUT2D eigenvalue weighted by Gasteiger charge is -2.06. The van der Waals surface area contributed by atoms with Crippen LogP contribution in [0.4, 0.5) is 5.69 Å². The Bertz CT molecular complexity index is 645. The second-order valence-electron chi connectivity index (χ2n) is 3.69.